The van der Waals surface area contributed by atoms with Crippen molar-refractivity contribution in [3.8, 4) is 0 Å². The van der Waals surface area contributed by atoms with Crippen LogP contribution in [0.15, 0.2) is 22.7 Å². The quantitative estimate of drug-likeness (QED) is 0.891. The van der Waals surface area contributed by atoms with E-state index in [9.17, 15) is 8.42 Å². The molecule has 0 aliphatic heterocycles. The molecule has 0 bridgehead atoms. The first kappa shape index (κ1) is 12.8. The summed E-state index contributed by atoms with van der Waals surface area (Å²) in [4.78, 5) is 0. The number of hydrogen-bond acceptors (Lipinski definition) is 3. The lowest BCUT2D eigenvalue weighted by Gasteiger charge is -2.09. The number of rotatable bonds is 4. The first-order valence-corrected chi connectivity index (χ1v) is 6.84. The van der Waals surface area contributed by atoms with E-state index in [1.807, 2.05) is 0 Å². The second-order valence-corrected chi connectivity index (χ2v) is 5.79. The minimum absolute atomic E-state index is 0.341. The van der Waals surface area contributed by atoms with Gasteiger partial charge in [-0.05, 0) is 28.1 Å². The van der Waals surface area contributed by atoms with Crippen LogP contribution in [0.25, 0.3) is 0 Å². The molecule has 1 aromatic carbocycles. The van der Waals surface area contributed by atoms with Crippen LogP contribution in [0.4, 0.5) is 5.69 Å². The third-order valence-corrected chi connectivity index (χ3v) is 4.23. The maximum absolute atomic E-state index is 11.3. The molecule has 84 valence electrons. The first-order valence-electron chi connectivity index (χ1n) is 4.01. The molecule has 0 amide bonds. The van der Waals surface area contributed by atoms with Crippen LogP contribution in [0.3, 0.4) is 0 Å². The largest absolute Gasteiger partial charge is 0.395 e. The van der Waals surface area contributed by atoms with Gasteiger partial charge in [-0.1, -0.05) is 17.7 Å². The molecule has 0 unspecified atom stereocenters. The summed E-state index contributed by atoms with van der Waals surface area (Å²) in [5, 5.41) is 8.96. The van der Waals surface area contributed by atoms with Gasteiger partial charge >= 0.3 is 0 Å². The summed E-state index contributed by atoms with van der Waals surface area (Å²) < 4.78 is 25.4. The van der Waals surface area contributed by atoms with Gasteiger partial charge in [0.25, 0.3) is 0 Å². The van der Waals surface area contributed by atoms with E-state index in [2.05, 4.69) is 20.7 Å². The Morgan fingerprint density at radius 1 is 1.47 bits per heavy atom. The lowest BCUT2D eigenvalue weighted by Crippen LogP contribution is -2.19. The number of anilines is 1. The van der Waals surface area contributed by atoms with Crippen LogP contribution in [-0.4, -0.2) is 25.9 Å². The third kappa shape index (κ3) is 3.64. The zero-order valence-electron chi connectivity index (χ0n) is 7.57. The highest BCUT2D eigenvalue weighted by Crippen LogP contribution is 2.30. The van der Waals surface area contributed by atoms with Crippen LogP contribution in [0.1, 0.15) is 0 Å². The molecule has 2 N–H and O–H groups in total. The lowest BCUT2D eigenvalue weighted by atomic mass is 10.3. The fourth-order valence-corrected chi connectivity index (χ4v) is 2.44. The van der Waals surface area contributed by atoms with Crippen molar-refractivity contribution < 1.29 is 13.5 Å². The van der Waals surface area contributed by atoms with E-state index in [0.717, 1.165) is 0 Å². The summed E-state index contributed by atoms with van der Waals surface area (Å²) in [5.74, 6) is -0.341. The van der Waals surface area contributed by atoms with Crippen LogP contribution < -0.4 is 4.72 Å². The summed E-state index contributed by atoms with van der Waals surface area (Å²) in [7, 11) is -3.51. The van der Waals surface area contributed by atoms with Crippen LogP contribution in [0, 0.1) is 0 Å². The molecule has 0 heterocycles. The van der Waals surface area contributed by atoms with Gasteiger partial charge in [-0.25, -0.2) is 8.42 Å². The molecule has 0 saturated heterocycles. The zero-order valence-corrected chi connectivity index (χ0v) is 10.7. The standard InChI is InChI=1S/C8H9BrClNO3S/c9-8-6(10)2-1-3-7(8)11-15(13,14)5-4-12/h1-3,11-12H,4-5H2. The Morgan fingerprint density at radius 2 is 2.13 bits per heavy atom. The fourth-order valence-electron chi connectivity index (χ4n) is 0.921. The Kier molecular flexibility index (Phi) is 4.39. The van der Waals surface area contributed by atoms with Gasteiger partial charge in [0.2, 0.25) is 10.0 Å². The molecule has 0 aliphatic rings. The molecule has 7 heteroatoms. The first-order chi connectivity index (χ1) is 6.96. The predicted molar refractivity (Wildman–Crippen MR) is 63.6 cm³/mol. The molecular formula is C8H9BrClNO3S. The number of aliphatic hydroxyl groups excluding tert-OH is 1. The third-order valence-electron chi connectivity index (χ3n) is 1.58. The average Bonchev–Trinajstić information content (AvgIpc) is 2.12. The predicted octanol–water partition coefficient (Wildman–Crippen LogP) is 1.84. The topological polar surface area (TPSA) is 66.4 Å². The molecule has 0 aliphatic carbocycles. The Labute approximate surface area is 101 Å². The van der Waals surface area contributed by atoms with Gasteiger partial charge in [0, 0.05) is 0 Å². The summed E-state index contributed by atoms with van der Waals surface area (Å²) in [6.07, 6.45) is 0. The minimum Gasteiger partial charge on any atom is -0.395 e. The molecule has 0 saturated carbocycles. The van der Waals surface area contributed by atoms with Crippen LogP contribution in [-0.2, 0) is 10.0 Å². The van der Waals surface area contributed by atoms with E-state index in [4.69, 9.17) is 16.7 Å². The van der Waals surface area contributed by atoms with Crippen molar-refractivity contribution >= 4 is 43.2 Å². The summed E-state index contributed by atoms with van der Waals surface area (Å²) in [5.41, 5.74) is 0.357. The Balaban J connectivity index is 2.95. The van der Waals surface area contributed by atoms with E-state index >= 15 is 0 Å². The normalized spacial score (nSPS) is 11.4. The van der Waals surface area contributed by atoms with Crippen molar-refractivity contribution in [3.05, 3.63) is 27.7 Å². The Hall–Kier alpha value is -0.300. The molecule has 0 atom stereocenters. The molecular weight excluding hydrogens is 306 g/mol. The molecule has 4 nitrogen and oxygen atoms in total. The van der Waals surface area contributed by atoms with Crippen LogP contribution >= 0.6 is 27.5 Å². The molecule has 0 spiro atoms. The molecule has 0 radical (unpaired) electrons. The number of nitrogens with one attached hydrogen (secondary N) is 1. The number of halogens is 2. The van der Waals surface area contributed by atoms with Gasteiger partial charge < -0.3 is 5.11 Å². The number of benzene rings is 1. The monoisotopic (exact) mass is 313 g/mol. The summed E-state index contributed by atoms with van der Waals surface area (Å²) in [6, 6.07) is 4.84. The van der Waals surface area contributed by atoms with Crippen molar-refractivity contribution in [2.45, 2.75) is 0 Å². The fraction of sp³-hybridized carbons (Fsp3) is 0.250. The smallest absolute Gasteiger partial charge is 0.235 e. The second kappa shape index (κ2) is 5.16. The Morgan fingerprint density at radius 3 is 2.73 bits per heavy atom. The highest BCUT2D eigenvalue weighted by Gasteiger charge is 2.12. The van der Waals surface area contributed by atoms with Gasteiger partial charge in [0.1, 0.15) is 0 Å². The van der Waals surface area contributed by atoms with Crippen molar-refractivity contribution in [2.24, 2.45) is 0 Å². The van der Waals surface area contributed by atoms with Gasteiger partial charge in [-0.15, -0.1) is 0 Å². The van der Waals surface area contributed by atoms with Crippen molar-refractivity contribution in [3.63, 3.8) is 0 Å². The molecule has 1 aromatic rings. The van der Waals surface area contributed by atoms with Crippen molar-refractivity contribution in [2.75, 3.05) is 17.1 Å². The van der Waals surface area contributed by atoms with Gasteiger partial charge in [0.05, 0.1) is 27.5 Å². The maximum atomic E-state index is 11.3. The lowest BCUT2D eigenvalue weighted by molar-refractivity contribution is 0.320. The van der Waals surface area contributed by atoms with Crippen LogP contribution in [0.5, 0.6) is 0 Å². The van der Waals surface area contributed by atoms with E-state index < -0.39 is 16.6 Å². The van der Waals surface area contributed by atoms with Crippen LogP contribution in [0.2, 0.25) is 5.02 Å². The summed E-state index contributed by atoms with van der Waals surface area (Å²) in [6.45, 7) is -0.423. The minimum atomic E-state index is -3.51. The Bertz CT molecular complexity index is 449. The highest BCUT2D eigenvalue weighted by atomic mass is 79.9. The van der Waals surface area contributed by atoms with Gasteiger partial charge in [-0.3, -0.25) is 4.72 Å². The van der Waals surface area contributed by atoms with E-state index in [-0.39, 0.29) is 5.75 Å². The molecule has 15 heavy (non-hydrogen) atoms. The molecule has 1 rings (SSSR count). The van der Waals surface area contributed by atoms with Crippen molar-refractivity contribution in [1.29, 1.82) is 0 Å². The molecule has 0 aromatic heterocycles. The number of sulfonamides is 1. The molecule has 0 fully saturated rings. The summed E-state index contributed by atoms with van der Waals surface area (Å²) >= 11 is 8.95. The average molecular weight is 315 g/mol. The number of aliphatic hydroxyl groups is 1. The van der Waals surface area contributed by atoms with Gasteiger partial charge in [-0.2, -0.15) is 0 Å². The van der Waals surface area contributed by atoms with Crippen molar-refractivity contribution in [1.82, 2.24) is 0 Å². The SMILES string of the molecule is O=S(=O)(CCO)Nc1cccc(Cl)c1Br. The van der Waals surface area contributed by atoms with Gasteiger partial charge in [0.15, 0.2) is 0 Å². The maximum Gasteiger partial charge on any atom is 0.235 e. The highest BCUT2D eigenvalue weighted by molar-refractivity contribution is 9.10. The van der Waals surface area contributed by atoms with E-state index in [1.165, 1.54) is 0 Å². The zero-order chi connectivity index (χ0) is 11.5. The number of hydrogen-bond donors (Lipinski definition) is 2. The van der Waals surface area contributed by atoms with E-state index in [0.29, 0.717) is 15.2 Å². The van der Waals surface area contributed by atoms with E-state index in [1.54, 1.807) is 18.2 Å². The second-order valence-electron chi connectivity index (χ2n) is 2.75.